The smallest absolute Gasteiger partial charge is 0.321 e. The van der Waals surface area contributed by atoms with Gasteiger partial charge in [0.25, 0.3) is 0 Å². The number of carbonyl (C=O) groups is 1. The third kappa shape index (κ3) is 4.85. The Kier molecular flexibility index (Phi) is 6.06. The number of piperidine rings is 1. The zero-order valence-electron chi connectivity index (χ0n) is 14.3. The first-order valence-corrected chi connectivity index (χ1v) is 9.57. The van der Waals surface area contributed by atoms with Crippen LogP contribution in [0.3, 0.4) is 0 Å². The molecule has 0 atom stereocenters. The number of anilines is 1. The molecular formula is C16H25N3O4S. The van der Waals surface area contributed by atoms with Gasteiger partial charge in [0, 0.05) is 24.8 Å². The van der Waals surface area contributed by atoms with Gasteiger partial charge in [-0.25, -0.2) is 17.9 Å². The minimum atomic E-state index is -3.27. The van der Waals surface area contributed by atoms with E-state index in [9.17, 15) is 13.2 Å². The van der Waals surface area contributed by atoms with E-state index in [2.05, 4.69) is 10.0 Å². The average molecular weight is 355 g/mol. The van der Waals surface area contributed by atoms with Crippen LogP contribution >= 0.6 is 0 Å². The highest BCUT2D eigenvalue weighted by Gasteiger charge is 2.27. The molecule has 1 aliphatic heterocycles. The molecule has 8 heteroatoms. The maximum Gasteiger partial charge on any atom is 0.321 e. The lowest BCUT2D eigenvalue weighted by molar-refractivity contribution is 0.193. The molecule has 0 bridgehead atoms. The van der Waals surface area contributed by atoms with Crippen molar-refractivity contribution in [3.05, 3.63) is 24.3 Å². The van der Waals surface area contributed by atoms with Crippen LogP contribution in [0.25, 0.3) is 0 Å². The molecule has 0 unspecified atom stereocenters. The number of ether oxygens (including phenoxy) is 1. The van der Waals surface area contributed by atoms with E-state index in [0.717, 1.165) is 5.75 Å². The van der Waals surface area contributed by atoms with E-state index < -0.39 is 15.3 Å². The molecule has 0 aromatic heterocycles. The summed E-state index contributed by atoms with van der Waals surface area (Å²) in [5.41, 5.74) is 0.698. The molecule has 2 N–H and O–H groups in total. The number of hydrogen-bond acceptors (Lipinski definition) is 4. The molecule has 1 saturated heterocycles. The predicted molar refractivity (Wildman–Crippen MR) is 93.8 cm³/mol. The number of nitrogens with zero attached hydrogens (tertiary/aromatic N) is 1. The molecule has 0 spiro atoms. The summed E-state index contributed by atoms with van der Waals surface area (Å²) in [4.78, 5) is 14.0. The van der Waals surface area contributed by atoms with Crippen LogP contribution in [0, 0.1) is 0 Å². The number of sulfonamides is 1. The molecule has 2 rings (SSSR count). The number of benzene rings is 1. The van der Waals surface area contributed by atoms with Gasteiger partial charge in [0.05, 0.1) is 12.4 Å². The Morgan fingerprint density at radius 1 is 1.21 bits per heavy atom. The number of hydrogen-bond donors (Lipinski definition) is 2. The molecule has 24 heavy (non-hydrogen) atoms. The number of likely N-dealkylation sites (tertiary alicyclic amines) is 1. The monoisotopic (exact) mass is 355 g/mol. The molecule has 1 aromatic carbocycles. The number of nitrogens with one attached hydrogen (secondary N) is 2. The van der Waals surface area contributed by atoms with E-state index in [0.29, 0.717) is 31.6 Å². The molecule has 0 aliphatic carbocycles. The topological polar surface area (TPSA) is 87.7 Å². The maximum atomic E-state index is 12.3. The summed E-state index contributed by atoms with van der Waals surface area (Å²) in [5.74, 6) is 0.728. The maximum absolute atomic E-state index is 12.3. The van der Waals surface area contributed by atoms with Crippen molar-refractivity contribution in [1.29, 1.82) is 0 Å². The third-order valence-corrected chi connectivity index (χ3v) is 5.98. The summed E-state index contributed by atoms with van der Waals surface area (Å²) in [6.45, 7) is 4.35. The van der Waals surface area contributed by atoms with Gasteiger partial charge in [-0.2, -0.15) is 0 Å². The summed E-state index contributed by atoms with van der Waals surface area (Å²) in [5, 5.41) is 2.39. The first kappa shape index (κ1) is 18.5. The second kappa shape index (κ2) is 7.85. The molecule has 134 valence electrons. The summed E-state index contributed by atoms with van der Waals surface area (Å²) < 4.78 is 31.6. The Morgan fingerprint density at radius 2 is 1.79 bits per heavy atom. The molecule has 1 aromatic rings. The fourth-order valence-corrected chi connectivity index (χ4v) is 3.42. The molecule has 0 radical (unpaired) electrons. The fourth-order valence-electron chi connectivity index (χ4n) is 2.45. The lowest BCUT2D eigenvalue weighted by atomic mass is 10.1. The van der Waals surface area contributed by atoms with Crippen LogP contribution in [0.4, 0.5) is 10.5 Å². The minimum absolute atomic E-state index is 0.109. The van der Waals surface area contributed by atoms with Crippen molar-refractivity contribution in [3.8, 4) is 5.75 Å². The minimum Gasteiger partial charge on any atom is -0.497 e. The Balaban J connectivity index is 1.84. The van der Waals surface area contributed by atoms with Crippen molar-refractivity contribution >= 4 is 21.7 Å². The van der Waals surface area contributed by atoms with Gasteiger partial charge in [-0.05, 0) is 51.0 Å². The van der Waals surface area contributed by atoms with Crippen molar-refractivity contribution in [3.63, 3.8) is 0 Å². The van der Waals surface area contributed by atoms with Crippen molar-refractivity contribution in [2.24, 2.45) is 0 Å². The van der Waals surface area contributed by atoms with Gasteiger partial charge >= 0.3 is 6.03 Å². The Labute approximate surface area is 143 Å². The molecule has 1 heterocycles. The van der Waals surface area contributed by atoms with E-state index in [1.165, 1.54) is 0 Å². The summed E-state index contributed by atoms with van der Waals surface area (Å²) in [7, 11) is -1.68. The van der Waals surface area contributed by atoms with Gasteiger partial charge < -0.3 is 15.0 Å². The lowest BCUT2D eigenvalue weighted by Crippen LogP contribution is -2.48. The van der Waals surface area contributed by atoms with Crippen LogP contribution < -0.4 is 14.8 Å². The number of amides is 2. The zero-order chi connectivity index (χ0) is 17.7. The molecule has 1 fully saturated rings. The Bertz CT molecular complexity index is 650. The highest BCUT2D eigenvalue weighted by atomic mass is 32.2. The SMILES string of the molecule is COc1ccc(NC(=O)N2CCC(NS(=O)(=O)C(C)C)CC2)cc1. The Hall–Kier alpha value is -1.80. The number of rotatable bonds is 5. The molecule has 0 saturated carbocycles. The molecule has 7 nitrogen and oxygen atoms in total. The van der Waals surface area contributed by atoms with Gasteiger partial charge in [-0.1, -0.05) is 0 Å². The third-order valence-electron chi connectivity index (χ3n) is 4.07. The summed E-state index contributed by atoms with van der Waals surface area (Å²) in [6, 6.07) is 6.83. The summed E-state index contributed by atoms with van der Waals surface area (Å²) in [6.07, 6.45) is 1.23. The summed E-state index contributed by atoms with van der Waals surface area (Å²) >= 11 is 0. The largest absolute Gasteiger partial charge is 0.497 e. The number of carbonyl (C=O) groups excluding carboxylic acids is 1. The van der Waals surface area contributed by atoms with Crippen LogP contribution in [0.2, 0.25) is 0 Å². The normalized spacial score (nSPS) is 16.2. The van der Waals surface area contributed by atoms with Gasteiger partial charge in [0.15, 0.2) is 0 Å². The first-order chi connectivity index (χ1) is 11.3. The highest BCUT2D eigenvalue weighted by molar-refractivity contribution is 7.90. The van der Waals surface area contributed by atoms with Crippen LogP contribution in [0.15, 0.2) is 24.3 Å². The van der Waals surface area contributed by atoms with E-state index in [1.54, 1.807) is 50.1 Å². The molecular weight excluding hydrogens is 330 g/mol. The van der Waals surface area contributed by atoms with Gasteiger partial charge in [-0.15, -0.1) is 0 Å². The average Bonchev–Trinajstić information content (AvgIpc) is 2.55. The number of methoxy groups -OCH3 is 1. The van der Waals surface area contributed by atoms with Crippen LogP contribution in [-0.4, -0.2) is 50.8 Å². The molecule has 1 aliphatic rings. The quantitative estimate of drug-likeness (QED) is 0.846. The van der Waals surface area contributed by atoms with E-state index >= 15 is 0 Å². The van der Waals surface area contributed by atoms with Crippen LogP contribution in [-0.2, 0) is 10.0 Å². The van der Waals surface area contributed by atoms with Gasteiger partial charge in [0.2, 0.25) is 10.0 Å². The van der Waals surface area contributed by atoms with Crippen molar-refractivity contribution in [1.82, 2.24) is 9.62 Å². The van der Waals surface area contributed by atoms with E-state index in [-0.39, 0.29) is 12.1 Å². The Morgan fingerprint density at radius 3 is 2.29 bits per heavy atom. The van der Waals surface area contributed by atoms with E-state index in [1.807, 2.05) is 0 Å². The standard InChI is InChI=1S/C16H25N3O4S/c1-12(2)24(21,22)18-14-8-10-19(11-9-14)16(20)17-13-4-6-15(23-3)7-5-13/h4-7,12,14,18H,8-11H2,1-3H3,(H,17,20). The van der Waals surface area contributed by atoms with Crippen molar-refractivity contribution in [2.75, 3.05) is 25.5 Å². The van der Waals surface area contributed by atoms with Gasteiger partial charge in [-0.3, -0.25) is 0 Å². The number of urea groups is 1. The van der Waals surface area contributed by atoms with Crippen LogP contribution in [0.1, 0.15) is 26.7 Å². The fraction of sp³-hybridized carbons (Fsp3) is 0.562. The predicted octanol–water partition coefficient (Wildman–Crippen LogP) is 2.02. The second-order valence-electron chi connectivity index (χ2n) is 6.13. The first-order valence-electron chi connectivity index (χ1n) is 8.03. The van der Waals surface area contributed by atoms with Crippen LogP contribution in [0.5, 0.6) is 5.75 Å². The highest BCUT2D eigenvalue weighted by Crippen LogP contribution is 2.17. The second-order valence-corrected chi connectivity index (χ2v) is 8.40. The van der Waals surface area contributed by atoms with Crippen molar-refractivity contribution in [2.45, 2.75) is 38.0 Å². The van der Waals surface area contributed by atoms with Crippen molar-refractivity contribution < 1.29 is 17.9 Å². The van der Waals surface area contributed by atoms with Gasteiger partial charge in [0.1, 0.15) is 5.75 Å². The molecule has 2 amide bonds. The zero-order valence-corrected chi connectivity index (χ0v) is 15.1. The van der Waals surface area contributed by atoms with E-state index in [4.69, 9.17) is 4.74 Å². The lowest BCUT2D eigenvalue weighted by Gasteiger charge is -2.32.